The van der Waals surface area contributed by atoms with E-state index in [2.05, 4.69) is 44.7 Å². The molecule has 0 radical (unpaired) electrons. The third-order valence-electron chi connectivity index (χ3n) is 5.46. The average Bonchev–Trinajstić information content (AvgIpc) is 2.88. The summed E-state index contributed by atoms with van der Waals surface area (Å²) in [7, 11) is 2.08. The topological polar surface area (TPSA) is 70.2 Å². The highest BCUT2D eigenvalue weighted by Crippen LogP contribution is 2.20. The number of aromatic nitrogens is 2. The molecule has 0 aliphatic carbocycles. The summed E-state index contributed by atoms with van der Waals surface area (Å²) in [5, 5.41) is 6.18. The van der Waals surface area contributed by atoms with Gasteiger partial charge in [-0.1, -0.05) is 42.5 Å². The van der Waals surface area contributed by atoms with Crippen molar-refractivity contribution in [1.82, 2.24) is 20.2 Å². The molecule has 6 nitrogen and oxygen atoms in total. The maximum absolute atomic E-state index is 13.5. The van der Waals surface area contributed by atoms with Crippen molar-refractivity contribution in [2.24, 2.45) is 0 Å². The Balaban J connectivity index is 1.25. The number of carbonyl (C=O) groups excluding carboxylic acids is 1. The predicted octanol–water partition coefficient (Wildman–Crippen LogP) is 5.28. The van der Waals surface area contributed by atoms with E-state index in [-0.39, 0.29) is 11.7 Å². The number of rotatable bonds is 10. The third kappa shape index (κ3) is 7.19. The van der Waals surface area contributed by atoms with E-state index in [1.165, 1.54) is 17.7 Å². The van der Waals surface area contributed by atoms with Crippen molar-refractivity contribution in [2.45, 2.75) is 13.0 Å². The second-order valence-electron chi connectivity index (χ2n) is 8.31. The zero-order valence-electron chi connectivity index (χ0n) is 19.6. The summed E-state index contributed by atoms with van der Waals surface area (Å²) in [5.74, 6) is 0.575. The van der Waals surface area contributed by atoms with Gasteiger partial charge in [0.25, 0.3) is 5.91 Å². The van der Waals surface area contributed by atoms with Crippen molar-refractivity contribution in [3.63, 3.8) is 0 Å². The molecular formula is C28H28FN5O. The lowest BCUT2D eigenvalue weighted by Gasteiger charge is -2.16. The third-order valence-corrected chi connectivity index (χ3v) is 5.46. The van der Waals surface area contributed by atoms with Crippen molar-refractivity contribution in [3.05, 3.63) is 108 Å². The summed E-state index contributed by atoms with van der Waals surface area (Å²) in [6.45, 7) is 2.40. The van der Waals surface area contributed by atoms with E-state index < -0.39 is 0 Å². The van der Waals surface area contributed by atoms with Crippen LogP contribution in [0.15, 0.2) is 91.1 Å². The summed E-state index contributed by atoms with van der Waals surface area (Å²) in [5.41, 5.74) is 3.26. The average molecular weight is 470 g/mol. The minimum atomic E-state index is -0.336. The van der Waals surface area contributed by atoms with Crippen LogP contribution in [-0.4, -0.2) is 40.9 Å². The molecule has 2 N–H and O–H groups in total. The Morgan fingerprint density at radius 2 is 1.77 bits per heavy atom. The van der Waals surface area contributed by atoms with Crippen LogP contribution in [-0.2, 0) is 6.54 Å². The Labute approximate surface area is 204 Å². The molecular weight excluding hydrogens is 441 g/mol. The molecule has 35 heavy (non-hydrogen) atoms. The first kappa shape index (κ1) is 24.0. The summed E-state index contributed by atoms with van der Waals surface area (Å²) < 4.78 is 13.5. The largest absolute Gasteiger partial charge is 0.352 e. The Bertz CT molecular complexity index is 1250. The van der Waals surface area contributed by atoms with Gasteiger partial charge >= 0.3 is 0 Å². The van der Waals surface area contributed by atoms with E-state index in [1.807, 2.05) is 30.3 Å². The van der Waals surface area contributed by atoms with E-state index in [1.54, 1.807) is 36.5 Å². The first-order valence-corrected chi connectivity index (χ1v) is 11.5. The predicted molar refractivity (Wildman–Crippen MR) is 137 cm³/mol. The Kier molecular flexibility index (Phi) is 8.14. The summed E-state index contributed by atoms with van der Waals surface area (Å²) in [6, 6.07) is 25.4. The highest BCUT2D eigenvalue weighted by molar-refractivity contribution is 5.94. The fourth-order valence-electron chi connectivity index (χ4n) is 3.67. The standard InChI is InChI=1S/C28H28FN5O/c1-34(20-21-7-3-2-4-8-21)18-6-16-31-28(35)22-11-13-25(14-12-22)32-26-15-17-30-27(33-26)23-9-5-10-24(29)19-23/h2-5,7-15,17,19H,6,16,18,20H2,1H3,(H,31,35)(H,30,32,33). The molecule has 1 aromatic heterocycles. The summed E-state index contributed by atoms with van der Waals surface area (Å²) in [4.78, 5) is 23.4. The molecule has 0 atom stereocenters. The Hall–Kier alpha value is -4.10. The first-order valence-electron chi connectivity index (χ1n) is 11.5. The normalized spacial score (nSPS) is 10.8. The molecule has 0 aliphatic rings. The second kappa shape index (κ2) is 11.9. The Morgan fingerprint density at radius 1 is 0.971 bits per heavy atom. The molecule has 0 unspecified atom stereocenters. The van der Waals surface area contributed by atoms with Crippen LogP contribution < -0.4 is 10.6 Å². The van der Waals surface area contributed by atoms with E-state index in [9.17, 15) is 9.18 Å². The fourth-order valence-corrected chi connectivity index (χ4v) is 3.67. The molecule has 0 aliphatic heterocycles. The number of amides is 1. The van der Waals surface area contributed by atoms with Gasteiger partial charge in [0.2, 0.25) is 0 Å². The number of hydrogen-bond acceptors (Lipinski definition) is 5. The van der Waals surface area contributed by atoms with Crippen molar-refractivity contribution in [3.8, 4) is 11.4 Å². The van der Waals surface area contributed by atoms with Gasteiger partial charge in [-0.25, -0.2) is 14.4 Å². The van der Waals surface area contributed by atoms with Crippen molar-refractivity contribution >= 4 is 17.4 Å². The van der Waals surface area contributed by atoms with Crippen LogP contribution in [0.3, 0.4) is 0 Å². The number of hydrogen-bond donors (Lipinski definition) is 2. The van der Waals surface area contributed by atoms with Gasteiger partial charge in [-0.2, -0.15) is 0 Å². The molecule has 0 saturated carbocycles. The molecule has 178 valence electrons. The highest BCUT2D eigenvalue weighted by atomic mass is 19.1. The zero-order chi connectivity index (χ0) is 24.5. The van der Waals surface area contributed by atoms with Crippen molar-refractivity contribution in [2.75, 3.05) is 25.5 Å². The van der Waals surface area contributed by atoms with Crippen LogP contribution in [0.4, 0.5) is 15.9 Å². The van der Waals surface area contributed by atoms with E-state index in [0.717, 1.165) is 25.2 Å². The molecule has 1 amide bonds. The molecule has 4 aromatic rings. The molecule has 0 bridgehead atoms. The van der Waals surface area contributed by atoms with Gasteiger partial charge in [0.05, 0.1) is 0 Å². The van der Waals surface area contributed by atoms with Gasteiger partial charge in [-0.3, -0.25) is 4.79 Å². The second-order valence-corrected chi connectivity index (χ2v) is 8.31. The highest BCUT2D eigenvalue weighted by Gasteiger charge is 2.07. The molecule has 0 spiro atoms. The van der Waals surface area contributed by atoms with Crippen LogP contribution in [0.2, 0.25) is 0 Å². The number of nitrogens with zero attached hydrogens (tertiary/aromatic N) is 3. The number of carbonyl (C=O) groups is 1. The molecule has 0 saturated heterocycles. The lowest BCUT2D eigenvalue weighted by atomic mass is 10.2. The molecule has 4 rings (SSSR count). The number of halogens is 1. The van der Waals surface area contributed by atoms with Crippen LogP contribution >= 0.6 is 0 Å². The van der Waals surface area contributed by atoms with Gasteiger partial charge in [0.1, 0.15) is 11.6 Å². The quantitative estimate of drug-likeness (QED) is 0.309. The van der Waals surface area contributed by atoms with Crippen molar-refractivity contribution < 1.29 is 9.18 Å². The maximum Gasteiger partial charge on any atom is 0.251 e. The monoisotopic (exact) mass is 469 g/mol. The van der Waals surface area contributed by atoms with Crippen LogP contribution in [0.1, 0.15) is 22.3 Å². The number of nitrogens with one attached hydrogen (secondary N) is 2. The molecule has 7 heteroatoms. The van der Waals surface area contributed by atoms with E-state index in [4.69, 9.17) is 0 Å². The van der Waals surface area contributed by atoms with Gasteiger partial charge in [0, 0.05) is 36.1 Å². The lowest BCUT2D eigenvalue weighted by molar-refractivity contribution is 0.0952. The van der Waals surface area contributed by atoms with Crippen molar-refractivity contribution in [1.29, 1.82) is 0 Å². The van der Waals surface area contributed by atoms with Gasteiger partial charge < -0.3 is 15.5 Å². The zero-order valence-corrected chi connectivity index (χ0v) is 19.6. The maximum atomic E-state index is 13.5. The number of anilines is 2. The molecule has 1 heterocycles. The van der Waals surface area contributed by atoms with Crippen LogP contribution in [0, 0.1) is 5.82 Å². The summed E-state index contributed by atoms with van der Waals surface area (Å²) in [6.07, 6.45) is 2.49. The van der Waals surface area contributed by atoms with E-state index in [0.29, 0.717) is 29.3 Å². The molecule has 0 fully saturated rings. The van der Waals surface area contributed by atoms with Crippen LogP contribution in [0.5, 0.6) is 0 Å². The lowest BCUT2D eigenvalue weighted by Crippen LogP contribution is -2.28. The smallest absolute Gasteiger partial charge is 0.251 e. The SMILES string of the molecule is CN(CCCNC(=O)c1ccc(Nc2ccnc(-c3cccc(F)c3)n2)cc1)Cc1ccccc1. The minimum Gasteiger partial charge on any atom is -0.352 e. The molecule has 3 aromatic carbocycles. The summed E-state index contributed by atoms with van der Waals surface area (Å²) >= 11 is 0. The van der Waals surface area contributed by atoms with Gasteiger partial charge in [0.15, 0.2) is 5.82 Å². The van der Waals surface area contributed by atoms with Crippen LogP contribution in [0.25, 0.3) is 11.4 Å². The first-order chi connectivity index (χ1) is 17.1. The van der Waals surface area contributed by atoms with Gasteiger partial charge in [-0.15, -0.1) is 0 Å². The Morgan fingerprint density at radius 3 is 2.54 bits per heavy atom. The number of benzene rings is 3. The fraction of sp³-hybridized carbons (Fsp3) is 0.179. The van der Waals surface area contributed by atoms with E-state index >= 15 is 0 Å². The minimum absolute atomic E-state index is 0.0994. The van der Waals surface area contributed by atoms with Gasteiger partial charge in [-0.05, 0) is 68.0 Å².